The summed E-state index contributed by atoms with van der Waals surface area (Å²) in [6, 6.07) is 14.6. The Balaban J connectivity index is 1.56. The molecule has 0 radical (unpaired) electrons. The molecule has 0 bridgehead atoms. The van der Waals surface area contributed by atoms with E-state index in [-0.39, 0.29) is 16.5 Å². The van der Waals surface area contributed by atoms with E-state index in [4.69, 9.17) is 0 Å². The highest BCUT2D eigenvalue weighted by Gasteiger charge is 2.22. The molecule has 1 aliphatic heterocycles. The quantitative estimate of drug-likeness (QED) is 0.612. The van der Waals surface area contributed by atoms with Gasteiger partial charge in [0.2, 0.25) is 0 Å². The van der Waals surface area contributed by atoms with Crippen molar-refractivity contribution in [2.24, 2.45) is 0 Å². The molecule has 2 aromatic rings. The highest BCUT2D eigenvalue weighted by molar-refractivity contribution is 5.94. The number of nitro benzene ring substituents is 1. The average molecular weight is 353 g/mol. The van der Waals surface area contributed by atoms with Crippen molar-refractivity contribution in [3.8, 4) is 0 Å². The number of nitro groups is 1. The first-order valence-electron chi connectivity index (χ1n) is 8.90. The number of carbonyl (C=O) groups excluding carboxylic acids is 1. The first-order chi connectivity index (χ1) is 12.6. The van der Waals surface area contributed by atoms with Crippen molar-refractivity contribution in [1.29, 1.82) is 0 Å². The number of hydrogen-bond acceptors (Lipinski definition) is 4. The lowest BCUT2D eigenvalue weighted by molar-refractivity contribution is -0.384. The molecule has 3 rings (SSSR count). The van der Waals surface area contributed by atoms with Gasteiger partial charge in [-0.15, -0.1) is 0 Å². The van der Waals surface area contributed by atoms with Crippen molar-refractivity contribution >= 4 is 11.6 Å². The molecule has 0 saturated carbocycles. The lowest BCUT2D eigenvalue weighted by Crippen LogP contribution is -2.48. The van der Waals surface area contributed by atoms with Crippen LogP contribution in [0.2, 0.25) is 0 Å². The molecule has 0 aliphatic carbocycles. The third-order valence-corrected chi connectivity index (χ3v) is 4.80. The van der Waals surface area contributed by atoms with Crippen LogP contribution in [0.3, 0.4) is 0 Å². The minimum atomic E-state index is -0.371. The van der Waals surface area contributed by atoms with Crippen LogP contribution in [0.25, 0.3) is 0 Å². The third-order valence-electron chi connectivity index (χ3n) is 4.80. The standard InChI is InChI=1S/C20H23N3O3/c1-2-16-6-8-18(9-7-16)20(24)22-12-10-21(11-13-22)15-17-4-3-5-19(14-17)23(25)26/h3-9,14H,2,10-13,15H2,1H3. The number of amides is 1. The zero-order chi connectivity index (χ0) is 18.5. The Labute approximate surface area is 153 Å². The second kappa shape index (κ2) is 8.10. The number of non-ortho nitro benzene ring substituents is 1. The predicted octanol–water partition coefficient (Wildman–Crippen LogP) is 3.12. The molecule has 0 spiro atoms. The second-order valence-electron chi connectivity index (χ2n) is 6.55. The van der Waals surface area contributed by atoms with Crippen molar-refractivity contribution in [1.82, 2.24) is 9.80 Å². The Kier molecular flexibility index (Phi) is 5.63. The van der Waals surface area contributed by atoms with Gasteiger partial charge in [-0.3, -0.25) is 19.8 Å². The molecule has 0 N–H and O–H groups in total. The number of nitrogens with zero attached hydrogens (tertiary/aromatic N) is 3. The van der Waals surface area contributed by atoms with E-state index in [0.717, 1.165) is 30.6 Å². The Morgan fingerprint density at radius 2 is 1.73 bits per heavy atom. The fraction of sp³-hybridized carbons (Fsp3) is 0.350. The summed E-state index contributed by atoms with van der Waals surface area (Å²) in [4.78, 5) is 27.2. The average Bonchev–Trinajstić information content (AvgIpc) is 2.68. The summed E-state index contributed by atoms with van der Waals surface area (Å²) in [6.45, 7) is 5.63. The van der Waals surface area contributed by atoms with Crippen LogP contribution in [0.4, 0.5) is 5.69 Å². The van der Waals surface area contributed by atoms with Gasteiger partial charge in [0.25, 0.3) is 11.6 Å². The van der Waals surface area contributed by atoms with Gasteiger partial charge in [-0.1, -0.05) is 31.2 Å². The van der Waals surface area contributed by atoms with Crippen molar-refractivity contribution in [2.75, 3.05) is 26.2 Å². The zero-order valence-electron chi connectivity index (χ0n) is 14.9. The highest BCUT2D eigenvalue weighted by Crippen LogP contribution is 2.16. The number of aryl methyl sites for hydroxylation is 1. The molecule has 136 valence electrons. The SMILES string of the molecule is CCc1ccc(C(=O)N2CCN(Cc3cccc([N+](=O)[O-])c3)CC2)cc1. The van der Waals surface area contributed by atoms with Gasteiger partial charge in [-0.05, 0) is 29.7 Å². The van der Waals surface area contributed by atoms with Crippen molar-refractivity contribution in [3.05, 3.63) is 75.3 Å². The normalized spacial score (nSPS) is 15.0. The fourth-order valence-corrected chi connectivity index (χ4v) is 3.20. The van der Waals surface area contributed by atoms with Crippen molar-refractivity contribution in [3.63, 3.8) is 0 Å². The van der Waals surface area contributed by atoms with Gasteiger partial charge in [-0.2, -0.15) is 0 Å². The van der Waals surface area contributed by atoms with E-state index < -0.39 is 0 Å². The Hall–Kier alpha value is -2.73. The van der Waals surface area contributed by atoms with Crippen LogP contribution in [0.1, 0.15) is 28.4 Å². The van der Waals surface area contributed by atoms with Crippen LogP contribution in [-0.4, -0.2) is 46.8 Å². The molecular weight excluding hydrogens is 330 g/mol. The van der Waals surface area contributed by atoms with Crippen LogP contribution >= 0.6 is 0 Å². The van der Waals surface area contributed by atoms with Crippen LogP contribution < -0.4 is 0 Å². The van der Waals surface area contributed by atoms with Crippen LogP contribution in [0.15, 0.2) is 48.5 Å². The molecule has 1 amide bonds. The molecule has 0 aromatic heterocycles. The second-order valence-corrected chi connectivity index (χ2v) is 6.55. The Morgan fingerprint density at radius 1 is 1.04 bits per heavy atom. The van der Waals surface area contributed by atoms with Gasteiger partial charge in [0, 0.05) is 50.4 Å². The van der Waals surface area contributed by atoms with E-state index >= 15 is 0 Å². The summed E-state index contributed by atoms with van der Waals surface area (Å²) in [7, 11) is 0. The maximum absolute atomic E-state index is 12.6. The number of rotatable bonds is 5. The summed E-state index contributed by atoms with van der Waals surface area (Å²) in [5, 5.41) is 10.9. The predicted molar refractivity (Wildman–Crippen MR) is 100 cm³/mol. The van der Waals surface area contributed by atoms with E-state index in [1.54, 1.807) is 12.1 Å². The Morgan fingerprint density at radius 3 is 2.35 bits per heavy atom. The first kappa shape index (κ1) is 18.1. The third kappa shape index (κ3) is 4.26. The molecule has 2 aromatic carbocycles. The smallest absolute Gasteiger partial charge is 0.269 e. The molecule has 0 unspecified atom stereocenters. The summed E-state index contributed by atoms with van der Waals surface area (Å²) in [5.74, 6) is 0.0719. The maximum Gasteiger partial charge on any atom is 0.269 e. The number of hydrogen-bond donors (Lipinski definition) is 0. The largest absolute Gasteiger partial charge is 0.336 e. The lowest BCUT2D eigenvalue weighted by Gasteiger charge is -2.34. The van der Waals surface area contributed by atoms with Crippen molar-refractivity contribution in [2.45, 2.75) is 19.9 Å². The highest BCUT2D eigenvalue weighted by atomic mass is 16.6. The fourth-order valence-electron chi connectivity index (χ4n) is 3.20. The molecule has 1 fully saturated rings. The van der Waals surface area contributed by atoms with Gasteiger partial charge < -0.3 is 4.90 Å². The molecule has 0 atom stereocenters. The molecule has 6 heteroatoms. The van der Waals surface area contributed by atoms with E-state index in [1.165, 1.54) is 11.6 Å². The van der Waals surface area contributed by atoms with Crippen molar-refractivity contribution < 1.29 is 9.72 Å². The summed E-state index contributed by atoms with van der Waals surface area (Å²) in [6.07, 6.45) is 0.963. The minimum absolute atomic E-state index is 0.0719. The molecule has 1 aliphatic rings. The summed E-state index contributed by atoms with van der Waals surface area (Å²) < 4.78 is 0. The topological polar surface area (TPSA) is 66.7 Å². The first-order valence-corrected chi connectivity index (χ1v) is 8.90. The van der Waals surface area contributed by atoms with Gasteiger partial charge in [0.15, 0.2) is 0 Å². The van der Waals surface area contributed by atoms with Gasteiger partial charge in [-0.25, -0.2) is 0 Å². The lowest BCUT2D eigenvalue weighted by atomic mass is 10.1. The van der Waals surface area contributed by atoms with Crippen LogP contribution in [0, 0.1) is 10.1 Å². The minimum Gasteiger partial charge on any atom is -0.336 e. The zero-order valence-corrected chi connectivity index (χ0v) is 14.9. The van der Waals surface area contributed by atoms with Gasteiger partial charge >= 0.3 is 0 Å². The molecule has 1 heterocycles. The molecule has 26 heavy (non-hydrogen) atoms. The van der Waals surface area contributed by atoms with Crippen LogP contribution in [-0.2, 0) is 13.0 Å². The van der Waals surface area contributed by atoms with Gasteiger partial charge in [0.1, 0.15) is 0 Å². The maximum atomic E-state index is 12.6. The summed E-state index contributed by atoms with van der Waals surface area (Å²) >= 11 is 0. The van der Waals surface area contributed by atoms with Gasteiger partial charge in [0.05, 0.1) is 4.92 Å². The number of piperazine rings is 1. The Bertz CT molecular complexity index is 781. The summed E-state index contributed by atoms with van der Waals surface area (Å²) in [5.41, 5.74) is 3.00. The van der Waals surface area contributed by atoms with E-state index in [2.05, 4.69) is 11.8 Å². The van der Waals surface area contributed by atoms with E-state index in [1.807, 2.05) is 35.2 Å². The van der Waals surface area contributed by atoms with E-state index in [9.17, 15) is 14.9 Å². The van der Waals surface area contributed by atoms with Crippen LogP contribution in [0.5, 0.6) is 0 Å². The molecular formula is C20H23N3O3. The number of carbonyl (C=O) groups is 1. The monoisotopic (exact) mass is 353 g/mol. The molecule has 1 saturated heterocycles. The molecule has 6 nitrogen and oxygen atoms in total. The number of benzene rings is 2. The van der Waals surface area contributed by atoms with E-state index in [0.29, 0.717) is 19.6 Å².